The monoisotopic (exact) mass is 246 g/mol. The van der Waals surface area contributed by atoms with Crippen LogP contribution in [0.3, 0.4) is 0 Å². The van der Waals surface area contributed by atoms with Gasteiger partial charge in [-0.3, -0.25) is 4.90 Å². The van der Waals surface area contributed by atoms with Crippen LogP contribution < -0.4 is 10.5 Å². The van der Waals surface area contributed by atoms with Gasteiger partial charge in [0.25, 0.3) is 0 Å². The van der Waals surface area contributed by atoms with Crippen molar-refractivity contribution >= 4 is 0 Å². The minimum absolute atomic E-state index is 0.563. The Bertz CT molecular complexity index is 415. The second-order valence-electron chi connectivity index (χ2n) is 4.80. The Hall–Kier alpha value is -1.32. The van der Waals surface area contributed by atoms with Crippen molar-refractivity contribution in [1.29, 1.82) is 0 Å². The van der Waals surface area contributed by atoms with Gasteiger partial charge in [-0.15, -0.1) is 0 Å². The Morgan fingerprint density at radius 2 is 2.28 bits per heavy atom. The van der Waals surface area contributed by atoms with E-state index in [1.807, 2.05) is 24.3 Å². The maximum absolute atomic E-state index is 5.76. The van der Waals surface area contributed by atoms with Gasteiger partial charge in [-0.1, -0.05) is 23.8 Å². The molecule has 0 saturated heterocycles. The zero-order valence-corrected chi connectivity index (χ0v) is 11.1. The van der Waals surface area contributed by atoms with E-state index in [0.717, 1.165) is 37.6 Å². The molecule has 1 aliphatic rings. The van der Waals surface area contributed by atoms with Crippen molar-refractivity contribution in [3.8, 4) is 5.75 Å². The van der Waals surface area contributed by atoms with Crippen LogP contribution in [0.5, 0.6) is 5.75 Å². The molecular weight excluding hydrogens is 224 g/mol. The third-order valence-corrected chi connectivity index (χ3v) is 3.33. The van der Waals surface area contributed by atoms with Crippen molar-refractivity contribution in [2.45, 2.75) is 19.9 Å². The van der Waals surface area contributed by atoms with Crippen LogP contribution in [0.15, 0.2) is 35.9 Å². The van der Waals surface area contributed by atoms with Crippen molar-refractivity contribution in [3.05, 3.63) is 41.5 Å². The summed E-state index contributed by atoms with van der Waals surface area (Å²) in [5.41, 5.74) is 8.22. The molecular formula is C15H22N2O. The first-order chi connectivity index (χ1) is 8.78. The van der Waals surface area contributed by atoms with E-state index in [4.69, 9.17) is 10.5 Å². The molecule has 1 aromatic carbocycles. The number of nitrogens with two attached hydrogens (primary N) is 1. The van der Waals surface area contributed by atoms with Gasteiger partial charge < -0.3 is 10.5 Å². The first kappa shape index (κ1) is 13.1. The van der Waals surface area contributed by atoms with Gasteiger partial charge in [0.15, 0.2) is 0 Å². The molecule has 0 atom stereocenters. The summed E-state index contributed by atoms with van der Waals surface area (Å²) in [6.45, 7) is 6.68. The SMILES string of the molecule is CC1=CCN(CCOc2cccc(CN)c2)CC1. The number of nitrogens with zero attached hydrogens (tertiary/aromatic N) is 1. The summed E-state index contributed by atoms with van der Waals surface area (Å²) in [6.07, 6.45) is 3.49. The molecule has 0 aromatic heterocycles. The van der Waals surface area contributed by atoms with Crippen LogP contribution >= 0.6 is 0 Å². The first-order valence-electron chi connectivity index (χ1n) is 6.58. The number of hydrogen-bond donors (Lipinski definition) is 1. The molecule has 18 heavy (non-hydrogen) atoms. The van der Waals surface area contributed by atoms with Crippen LogP contribution in [-0.4, -0.2) is 31.1 Å². The highest BCUT2D eigenvalue weighted by atomic mass is 16.5. The quantitative estimate of drug-likeness (QED) is 0.809. The van der Waals surface area contributed by atoms with Gasteiger partial charge in [0, 0.05) is 26.2 Å². The standard InChI is InChI=1S/C15H22N2O/c1-13-5-7-17(8-6-13)9-10-18-15-4-2-3-14(11-15)12-16/h2-5,11H,6-10,12,16H2,1H3. The average Bonchev–Trinajstić information content (AvgIpc) is 2.41. The van der Waals surface area contributed by atoms with E-state index in [0.29, 0.717) is 6.54 Å². The highest BCUT2D eigenvalue weighted by molar-refractivity contribution is 5.28. The molecule has 0 unspecified atom stereocenters. The van der Waals surface area contributed by atoms with Crippen LogP contribution in [0.25, 0.3) is 0 Å². The molecule has 1 heterocycles. The number of hydrogen-bond acceptors (Lipinski definition) is 3. The fourth-order valence-corrected chi connectivity index (χ4v) is 2.07. The summed E-state index contributed by atoms with van der Waals surface area (Å²) < 4.78 is 5.76. The van der Waals surface area contributed by atoms with Crippen molar-refractivity contribution in [2.24, 2.45) is 5.73 Å². The predicted octanol–water partition coefficient (Wildman–Crippen LogP) is 2.18. The molecule has 0 amide bonds. The van der Waals surface area contributed by atoms with Gasteiger partial charge in [0.2, 0.25) is 0 Å². The van der Waals surface area contributed by atoms with Crippen LogP contribution in [0.4, 0.5) is 0 Å². The molecule has 0 bridgehead atoms. The lowest BCUT2D eigenvalue weighted by Gasteiger charge is -2.25. The molecule has 1 aliphatic heterocycles. The van der Waals surface area contributed by atoms with Crippen LogP contribution in [0, 0.1) is 0 Å². The normalized spacial score (nSPS) is 16.4. The van der Waals surface area contributed by atoms with E-state index < -0.39 is 0 Å². The summed E-state index contributed by atoms with van der Waals surface area (Å²) in [7, 11) is 0. The number of rotatable bonds is 5. The lowest BCUT2D eigenvalue weighted by atomic mass is 10.1. The minimum atomic E-state index is 0.563. The van der Waals surface area contributed by atoms with Gasteiger partial charge in [-0.05, 0) is 31.0 Å². The molecule has 2 N–H and O–H groups in total. The molecule has 0 spiro atoms. The highest BCUT2D eigenvalue weighted by Crippen LogP contribution is 2.13. The van der Waals surface area contributed by atoms with Gasteiger partial charge in [0.05, 0.1) is 0 Å². The van der Waals surface area contributed by atoms with Crippen molar-refractivity contribution < 1.29 is 4.74 Å². The third kappa shape index (κ3) is 3.86. The second kappa shape index (κ2) is 6.57. The Labute approximate surface area is 109 Å². The highest BCUT2D eigenvalue weighted by Gasteiger charge is 2.08. The van der Waals surface area contributed by atoms with Gasteiger partial charge in [0.1, 0.15) is 12.4 Å². The fraction of sp³-hybridized carbons (Fsp3) is 0.467. The van der Waals surface area contributed by atoms with E-state index >= 15 is 0 Å². The topological polar surface area (TPSA) is 38.5 Å². The number of ether oxygens (including phenoxy) is 1. The summed E-state index contributed by atoms with van der Waals surface area (Å²) in [6, 6.07) is 8.01. The van der Waals surface area contributed by atoms with E-state index in [1.165, 1.54) is 12.0 Å². The average molecular weight is 246 g/mol. The summed E-state index contributed by atoms with van der Waals surface area (Å²) in [5, 5.41) is 0. The second-order valence-corrected chi connectivity index (χ2v) is 4.80. The van der Waals surface area contributed by atoms with Crippen LogP contribution in [0.2, 0.25) is 0 Å². The maximum atomic E-state index is 5.76. The Kier molecular flexibility index (Phi) is 4.79. The van der Waals surface area contributed by atoms with Crippen molar-refractivity contribution in [1.82, 2.24) is 4.90 Å². The van der Waals surface area contributed by atoms with E-state index in [-0.39, 0.29) is 0 Å². The molecule has 1 aromatic rings. The zero-order chi connectivity index (χ0) is 12.8. The van der Waals surface area contributed by atoms with Gasteiger partial charge >= 0.3 is 0 Å². The summed E-state index contributed by atoms with van der Waals surface area (Å²) in [4.78, 5) is 2.42. The fourth-order valence-electron chi connectivity index (χ4n) is 2.07. The van der Waals surface area contributed by atoms with Gasteiger partial charge in [-0.2, -0.15) is 0 Å². The lowest BCUT2D eigenvalue weighted by Crippen LogP contribution is -2.32. The van der Waals surface area contributed by atoms with E-state index in [1.54, 1.807) is 0 Å². The summed E-state index contributed by atoms with van der Waals surface area (Å²) in [5.74, 6) is 0.918. The van der Waals surface area contributed by atoms with E-state index in [2.05, 4.69) is 17.9 Å². The lowest BCUT2D eigenvalue weighted by molar-refractivity contribution is 0.219. The summed E-state index contributed by atoms with van der Waals surface area (Å²) >= 11 is 0. The maximum Gasteiger partial charge on any atom is 0.119 e. The molecule has 98 valence electrons. The predicted molar refractivity (Wildman–Crippen MR) is 74.6 cm³/mol. The third-order valence-electron chi connectivity index (χ3n) is 3.33. The molecule has 0 radical (unpaired) electrons. The smallest absolute Gasteiger partial charge is 0.119 e. The minimum Gasteiger partial charge on any atom is -0.492 e. The molecule has 2 rings (SSSR count). The molecule has 3 nitrogen and oxygen atoms in total. The molecule has 0 aliphatic carbocycles. The molecule has 3 heteroatoms. The Morgan fingerprint density at radius 3 is 3.00 bits per heavy atom. The van der Waals surface area contributed by atoms with Crippen molar-refractivity contribution in [3.63, 3.8) is 0 Å². The number of benzene rings is 1. The zero-order valence-electron chi connectivity index (χ0n) is 11.1. The molecule has 0 saturated carbocycles. The molecule has 0 fully saturated rings. The van der Waals surface area contributed by atoms with E-state index in [9.17, 15) is 0 Å². The van der Waals surface area contributed by atoms with Gasteiger partial charge in [-0.25, -0.2) is 0 Å². The van der Waals surface area contributed by atoms with Crippen LogP contribution in [0.1, 0.15) is 18.9 Å². The first-order valence-corrected chi connectivity index (χ1v) is 6.58. The Balaban J connectivity index is 1.75. The van der Waals surface area contributed by atoms with Crippen molar-refractivity contribution in [2.75, 3.05) is 26.2 Å². The largest absolute Gasteiger partial charge is 0.492 e. The van der Waals surface area contributed by atoms with Crippen LogP contribution in [-0.2, 0) is 6.54 Å². The Morgan fingerprint density at radius 1 is 1.39 bits per heavy atom.